The highest BCUT2D eigenvalue weighted by atomic mass is 16.5. The Morgan fingerprint density at radius 2 is 2.00 bits per heavy atom. The number of carbonyl (C=O) groups is 1. The second-order valence-electron chi connectivity index (χ2n) is 2.95. The Morgan fingerprint density at radius 1 is 1.40 bits per heavy atom. The van der Waals surface area contributed by atoms with Crippen molar-refractivity contribution in [1.29, 1.82) is 0 Å². The van der Waals surface area contributed by atoms with E-state index in [1.807, 2.05) is 0 Å². The average molecular weight is 210 g/mol. The number of methoxy groups -OCH3 is 1. The van der Waals surface area contributed by atoms with Crippen molar-refractivity contribution in [3.8, 4) is 5.75 Å². The van der Waals surface area contributed by atoms with E-state index >= 15 is 0 Å². The number of carboxylic acids is 1. The van der Waals surface area contributed by atoms with Gasteiger partial charge < -0.3 is 14.6 Å². The minimum atomic E-state index is -0.984. The summed E-state index contributed by atoms with van der Waals surface area (Å²) in [5.74, 6) is -0.290. The fourth-order valence-electron chi connectivity index (χ4n) is 1.26. The van der Waals surface area contributed by atoms with Gasteiger partial charge in [-0.15, -0.1) is 0 Å². The molecule has 1 atom stereocenters. The highest BCUT2D eigenvalue weighted by molar-refractivity contribution is 5.74. The van der Waals surface area contributed by atoms with E-state index in [-0.39, 0.29) is 0 Å². The van der Waals surface area contributed by atoms with Crippen LogP contribution in [0.1, 0.15) is 18.6 Å². The summed E-state index contributed by atoms with van der Waals surface area (Å²) in [5.41, 5.74) is 0.616. The van der Waals surface area contributed by atoms with Crippen molar-refractivity contribution in [1.82, 2.24) is 0 Å². The minimum absolute atomic E-state index is 0.364. The normalized spacial score (nSPS) is 12.1. The van der Waals surface area contributed by atoms with E-state index in [9.17, 15) is 4.79 Å². The van der Waals surface area contributed by atoms with Gasteiger partial charge in [-0.1, -0.05) is 12.1 Å². The van der Waals surface area contributed by atoms with Crippen molar-refractivity contribution in [2.45, 2.75) is 13.0 Å². The third-order valence-electron chi connectivity index (χ3n) is 1.98. The van der Waals surface area contributed by atoms with Gasteiger partial charge in [0.05, 0.1) is 7.11 Å². The first-order valence-electron chi connectivity index (χ1n) is 4.67. The van der Waals surface area contributed by atoms with Crippen LogP contribution >= 0.6 is 0 Å². The van der Waals surface area contributed by atoms with Gasteiger partial charge in [-0.3, -0.25) is 0 Å². The highest BCUT2D eigenvalue weighted by Crippen LogP contribution is 2.20. The third kappa shape index (κ3) is 2.95. The van der Waals surface area contributed by atoms with Crippen molar-refractivity contribution in [2.24, 2.45) is 0 Å². The van der Waals surface area contributed by atoms with Crippen LogP contribution in [0.25, 0.3) is 0 Å². The molecule has 4 heteroatoms. The number of hydrogen-bond acceptors (Lipinski definition) is 3. The molecule has 15 heavy (non-hydrogen) atoms. The van der Waals surface area contributed by atoms with Crippen molar-refractivity contribution in [3.05, 3.63) is 29.8 Å². The molecule has 1 N–H and O–H groups in total. The molecule has 0 radical (unpaired) electrons. The van der Waals surface area contributed by atoms with Crippen molar-refractivity contribution >= 4 is 5.97 Å². The van der Waals surface area contributed by atoms with E-state index in [1.165, 1.54) is 0 Å². The summed E-state index contributed by atoms with van der Waals surface area (Å²) in [6.45, 7) is 2.13. The molecule has 82 valence electrons. The zero-order valence-corrected chi connectivity index (χ0v) is 8.77. The van der Waals surface area contributed by atoms with E-state index in [1.54, 1.807) is 38.3 Å². The van der Waals surface area contributed by atoms with Gasteiger partial charge in [-0.25, -0.2) is 4.79 Å². The quantitative estimate of drug-likeness (QED) is 0.805. The summed E-state index contributed by atoms with van der Waals surface area (Å²) in [6.07, 6.45) is -0.902. The molecule has 0 spiro atoms. The van der Waals surface area contributed by atoms with Crippen LogP contribution < -0.4 is 4.74 Å². The molecule has 0 heterocycles. The smallest absolute Gasteiger partial charge is 0.337 e. The van der Waals surface area contributed by atoms with Crippen LogP contribution in [0, 0.1) is 0 Å². The monoisotopic (exact) mass is 210 g/mol. The number of benzene rings is 1. The van der Waals surface area contributed by atoms with Crippen LogP contribution in [0.15, 0.2) is 24.3 Å². The lowest BCUT2D eigenvalue weighted by molar-refractivity contribution is -0.150. The predicted molar refractivity (Wildman–Crippen MR) is 55.0 cm³/mol. The molecule has 1 aromatic carbocycles. The molecule has 0 aliphatic heterocycles. The molecule has 0 fully saturated rings. The van der Waals surface area contributed by atoms with Crippen LogP contribution in [0.3, 0.4) is 0 Å². The van der Waals surface area contributed by atoms with Gasteiger partial charge >= 0.3 is 5.97 Å². The number of rotatable bonds is 5. The van der Waals surface area contributed by atoms with Gasteiger partial charge in [-0.05, 0) is 24.6 Å². The summed E-state index contributed by atoms with van der Waals surface area (Å²) in [7, 11) is 1.56. The van der Waals surface area contributed by atoms with Crippen molar-refractivity contribution < 1.29 is 19.4 Å². The van der Waals surface area contributed by atoms with Crippen LogP contribution in [0.5, 0.6) is 5.75 Å². The van der Waals surface area contributed by atoms with E-state index in [0.29, 0.717) is 17.9 Å². The second kappa shape index (κ2) is 5.36. The zero-order chi connectivity index (χ0) is 11.3. The fourth-order valence-corrected chi connectivity index (χ4v) is 1.26. The Hall–Kier alpha value is -1.55. The maximum Gasteiger partial charge on any atom is 0.337 e. The van der Waals surface area contributed by atoms with Crippen molar-refractivity contribution in [3.63, 3.8) is 0 Å². The first-order valence-corrected chi connectivity index (χ1v) is 4.67. The maximum absolute atomic E-state index is 10.9. The lowest BCUT2D eigenvalue weighted by Crippen LogP contribution is -2.15. The number of aliphatic carboxylic acids is 1. The van der Waals surface area contributed by atoms with E-state index in [0.717, 1.165) is 0 Å². The molecule has 1 rings (SSSR count). The molecule has 0 saturated carbocycles. The Morgan fingerprint density at radius 3 is 2.40 bits per heavy atom. The van der Waals surface area contributed by atoms with Crippen LogP contribution in [0.2, 0.25) is 0 Å². The summed E-state index contributed by atoms with van der Waals surface area (Å²) < 4.78 is 10.1. The Kier molecular flexibility index (Phi) is 4.12. The minimum Gasteiger partial charge on any atom is -0.497 e. The van der Waals surface area contributed by atoms with Crippen molar-refractivity contribution in [2.75, 3.05) is 13.7 Å². The Bertz CT molecular complexity index is 318. The molecule has 1 aromatic rings. The maximum atomic E-state index is 10.9. The predicted octanol–water partition coefficient (Wildman–Crippen LogP) is 1.86. The molecule has 0 bridgehead atoms. The fraction of sp³-hybridized carbons (Fsp3) is 0.364. The van der Waals surface area contributed by atoms with Crippen LogP contribution in [-0.2, 0) is 9.53 Å². The Balaban J connectivity index is 2.86. The van der Waals surface area contributed by atoms with E-state index in [2.05, 4.69) is 0 Å². The van der Waals surface area contributed by atoms with E-state index < -0.39 is 12.1 Å². The molecule has 0 aliphatic carbocycles. The summed E-state index contributed by atoms with van der Waals surface area (Å²) in [4.78, 5) is 10.9. The SMILES string of the molecule is CCO[C@H](C(=O)O)c1ccc(OC)cc1. The van der Waals surface area contributed by atoms with E-state index in [4.69, 9.17) is 14.6 Å². The summed E-state index contributed by atoms with van der Waals surface area (Å²) in [5, 5.41) is 8.93. The highest BCUT2D eigenvalue weighted by Gasteiger charge is 2.19. The Labute approximate surface area is 88.4 Å². The lowest BCUT2D eigenvalue weighted by atomic mass is 10.1. The standard InChI is InChI=1S/C11H14O4/c1-3-15-10(11(12)13)8-4-6-9(14-2)7-5-8/h4-7,10H,3H2,1-2H3,(H,12,13)/t10-/m0/s1. The molecular weight excluding hydrogens is 196 g/mol. The lowest BCUT2D eigenvalue weighted by Gasteiger charge is -2.12. The first-order chi connectivity index (χ1) is 7.19. The second-order valence-corrected chi connectivity index (χ2v) is 2.95. The first kappa shape index (κ1) is 11.5. The zero-order valence-electron chi connectivity index (χ0n) is 8.77. The molecule has 0 aromatic heterocycles. The topological polar surface area (TPSA) is 55.8 Å². The molecule has 0 saturated heterocycles. The molecule has 0 unspecified atom stereocenters. The van der Waals surface area contributed by atoms with Gasteiger partial charge in [0.25, 0.3) is 0 Å². The molecule has 0 aliphatic rings. The number of hydrogen-bond donors (Lipinski definition) is 1. The third-order valence-corrected chi connectivity index (χ3v) is 1.98. The summed E-state index contributed by atoms with van der Waals surface area (Å²) in [6, 6.07) is 6.80. The van der Waals surface area contributed by atoms with Gasteiger partial charge in [0, 0.05) is 6.61 Å². The van der Waals surface area contributed by atoms with Crippen LogP contribution in [0.4, 0.5) is 0 Å². The largest absolute Gasteiger partial charge is 0.497 e. The van der Waals surface area contributed by atoms with Gasteiger partial charge in [0.15, 0.2) is 6.10 Å². The molecule has 0 amide bonds. The molecule has 4 nitrogen and oxygen atoms in total. The van der Waals surface area contributed by atoms with Gasteiger partial charge in [0.2, 0.25) is 0 Å². The van der Waals surface area contributed by atoms with Gasteiger partial charge in [0.1, 0.15) is 5.75 Å². The average Bonchev–Trinajstić information content (AvgIpc) is 2.26. The molecular formula is C11H14O4. The number of carboxylic acid groups (broad SMARTS) is 1. The van der Waals surface area contributed by atoms with Crippen LogP contribution in [-0.4, -0.2) is 24.8 Å². The number of ether oxygens (including phenoxy) is 2. The summed E-state index contributed by atoms with van der Waals surface area (Å²) >= 11 is 0. The van der Waals surface area contributed by atoms with Gasteiger partial charge in [-0.2, -0.15) is 0 Å².